The van der Waals surface area contributed by atoms with Crippen LogP contribution >= 0.6 is 0 Å². The normalized spacial score (nSPS) is 19.7. The molecule has 0 aliphatic carbocycles. The van der Waals surface area contributed by atoms with Gasteiger partial charge in [-0.15, -0.1) is 0 Å². The molecule has 0 amide bonds. The van der Waals surface area contributed by atoms with E-state index in [1.807, 2.05) is 12.1 Å². The van der Waals surface area contributed by atoms with Gasteiger partial charge in [0.05, 0.1) is 11.3 Å². The smallest absolute Gasteiger partial charge is 0.337 e. The predicted molar refractivity (Wildman–Crippen MR) is 76.9 cm³/mol. The molecule has 0 unspecified atom stereocenters. The first-order valence-electron chi connectivity index (χ1n) is 6.88. The van der Waals surface area contributed by atoms with Crippen LogP contribution in [0.2, 0.25) is 0 Å². The molecule has 1 heterocycles. The number of carboxylic acids is 1. The highest BCUT2D eigenvalue weighted by Gasteiger charge is 2.23. The van der Waals surface area contributed by atoms with Gasteiger partial charge in [-0.05, 0) is 24.5 Å². The minimum Gasteiger partial charge on any atom is -0.478 e. The summed E-state index contributed by atoms with van der Waals surface area (Å²) in [4.78, 5) is 13.5. The maximum atomic E-state index is 11.3. The van der Waals surface area contributed by atoms with E-state index in [0.29, 0.717) is 17.5 Å². The molecule has 1 aliphatic heterocycles. The second-order valence-electron chi connectivity index (χ2n) is 5.55. The second-order valence-corrected chi connectivity index (χ2v) is 5.55. The van der Waals surface area contributed by atoms with Crippen molar-refractivity contribution in [3.63, 3.8) is 0 Å². The van der Waals surface area contributed by atoms with Gasteiger partial charge in [-0.3, -0.25) is 0 Å². The molecule has 1 atom stereocenters. The van der Waals surface area contributed by atoms with Crippen LogP contribution in [0.15, 0.2) is 24.3 Å². The van der Waals surface area contributed by atoms with Crippen molar-refractivity contribution in [1.29, 1.82) is 0 Å². The number of para-hydroxylation sites is 1. The minimum atomic E-state index is -0.852. The van der Waals surface area contributed by atoms with E-state index in [1.165, 1.54) is 0 Å². The SMILES string of the molecule is CC(C)C[C@H]1CN(c2ccccc2C(=O)O)CCN1. The molecule has 1 aromatic rings. The number of anilines is 1. The van der Waals surface area contributed by atoms with Crippen LogP contribution in [0, 0.1) is 5.92 Å². The predicted octanol–water partition coefficient (Wildman–Crippen LogP) is 2.21. The van der Waals surface area contributed by atoms with E-state index in [2.05, 4.69) is 24.1 Å². The molecule has 1 fully saturated rings. The summed E-state index contributed by atoms with van der Waals surface area (Å²) in [7, 11) is 0. The molecule has 0 bridgehead atoms. The van der Waals surface area contributed by atoms with Crippen LogP contribution in [0.4, 0.5) is 5.69 Å². The van der Waals surface area contributed by atoms with E-state index < -0.39 is 5.97 Å². The van der Waals surface area contributed by atoms with Crippen molar-refractivity contribution < 1.29 is 9.90 Å². The van der Waals surface area contributed by atoms with Crippen LogP contribution < -0.4 is 10.2 Å². The summed E-state index contributed by atoms with van der Waals surface area (Å²) in [5.41, 5.74) is 1.23. The third-order valence-electron chi connectivity index (χ3n) is 3.49. The first-order valence-corrected chi connectivity index (χ1v) is 6.88. The molecule has 1 saturated heterocycles. The summed E-state index contributed by atoms with van der Waals surface area (Å²) >= 11 is 0. The maximum absolute atomic E-state index is 11.3. The van der Waals surface area contributed by atoms with Gasteiger partial charge in [0.15, 0.2) is 0 Å². The van der Waals surface area contributed by atoms with E-state index in [0.717, 1.165) is 31.7 Å². The third kappa shape index (κ3) is 3.47. The van der Waals surface area contributed by atoms with Gasteiger partial charge in [-0.2, -0.15) is 0 Å². The number of hydrogen-bond acceptors (Lipinski definition) is 3. The molecule has 19 heavy (non-hydrogen) atoms. The molecular weight excluding hydrogens is 240 g/mol. The van der Waals surface area contributed by atoms with Crippen LogP contribution in [-0.2, 0) is 0 Å². The Morgan fingerprint density at radius 1 is 1.47 bits per heavy atom. The number of carbonyl (C=O) groups is 1. The van der Waals surface area contributed by atoms with Crippen LogP contribution in [0.25, 0.3) is 0 Å². The van der Waals surface area contributed by atoms with Crippen molar-refractivity contribution in [3.05, 3.63) is 29.8 Å². The summed E-state index contributed by atoms with van der Waals surface area (Å²) in [5.74, 6) is -0.207. The minimum absolute atomic E-state index is 0.396. The lowest BCUT2D eigenvalue weighted by Gasteiger charge is -2.36. The van der Waals surface area contributed by atoms with Crippen molar-refractivity contribution in [2.24, 2.45) is 5.92 Å². The van der Waals surface area contributed by atoms with Crippen LogP contribution in [-0.4, -0.2) is 36.8 Å². The quantitative estimate of drug-likeness (QED) is 0.873. The summed E-state index contributed by atoms with van der Waals surface area (Å²) in [6, 6.07) is 7.70. The largest absolute Gasteiger partial charge is 0.478 e. The Morgan fingerprint density at radius 2 is 2.21 bits per heavy atom. The fourth-order valence-electron chi connectivity index (χ4n) is 2.70. The van der Waals surface area contributed by atoms with Crippen molar-refractivity contribution in [2.75, 3.05) is 24.5 Å². The molecule has 2 rings (SSSR count). The lowest BCUT2D eigenvalue weighted by atomic mass is 10.0. The molecular formula is C15H22N2O2. The number of benzene rings is 1. The molecule has 0 aromatic heterocycles. The number of carboxylic acid groups (broad SMARTS) is 1. The van der Waals surface area contributed by atoms with Crippen molar-refractivity contribution in [1.82, 2.24) is 5.32 Å². The summed E-state index contributed by atoms with van der Waals surface area (Å²) < 4.78 is 0. The monoisotopic (exact) mass is 262 g/mol. The number of nitrogens with zero attached hydrogens (tertiary/aromatic N) is 1. The Bertz CT molecular complexity index is 446. The third-order valence-corrected chi connectivity index (χ3v) is 3.49. The first-order chi connectivity index (χ1) is 9.08. The zero-order valence-corrected chi connectivity index (χ0v) is 11.6. The Labute approximate surface area is 114 Å². The van der Waals surface area contributed by atoms with Crippen LogP contribution in [0.5, 0.6) is 0 Å². The lowest BCUT2D eigenvalue weighted by Crippen LogP contribution is -2.51. The Morgan fingerprint density at radius 3 is 2.89 bits per heavy atom. The Kier molecular flexibility index (Phi) is 4.43. The average Bonchev–Trinajstić information content (AvgIpc) is 2.38. The molecule has 104 valence electrons. The molecule has 2 N–H and O–H groups in total. The number of aromatic carboxylic acids is 1. The number of hydrogen-bond donors (Lipinski definition) is 2. The van der Waals surface area contributed by atoms with E-state index in [1.54, 1.807) is 12.1 Å². The average molecular weight is 262 g/mol. The van der Waals surface area contributed by atoms with Gasteiger partial charge in [-0.25, -0.2) is 4.79 Å². The molecule has 4 heteroatoms. The van der Waals surface area contributed by atoms with Gasteiger partial charge in [-0.1, -0.05) is 26.0 Å². The summed E-state index contributed by atoms with van der Waals surface area (Å²) in [6.45, 7) is 7.07. The van der Waals surface area contributed by atoms with Gasteiger partial charge >= 0.3 is 5.97 Å². The van der Waals surface area contributed by atoms with Gasteiger partial charge in [0.1, 0.15) is 0 Å². The van der Waals surface area contributed by atoms with Crippen molar-refractivity contribution in [3.8, 4) is 0 Å². The molecule has 1 aliphatic rings. The van der Waals surface area contributed by atoms with Gasteiger partial charge in [0, 0.05) is 25.7 Å². The van der Waals surface area contributed by atoms with Gasteiger partial charge < -0.3 is 15.3 Å². The molecule has 0 spiro atoms. The number of rotatable bonds is 4. The first kappa shape index (κ1) is 13.9. The van der Waals surface area contributed by atoms with Crippen molar-refractivity contribution in [2.45, 2.75) is 26.3 Å². The zero-order chi connectivity index (χ0) is 13.8. The molecule has 1 aromatic carbocycles. The van der Waals surface area contributed by atoms with Crippen LogP contribution in [0.3, 0.4) is 0 Å². The number of piperazine rings is 1. The molecule has 0 saturated carbocycles. The molecule has 0 radical (unpaired) electrons. The lowest BCUT2D eigenvalue weighted by molar-refractivity contribution is 0.0697. The van der Waals surface area contributed by atoms with E-state index in [-0.39, 0.29) is 0 Å². The van der Waals surface area contributed by atoms with Gasteiger partial charge in [0.2, 0.25) is 0 Å². The van der Waals surface area contributed by atoms with E-state index >= 15 is 0 Å². The highest BCUT2D eigenvalue weighted by Crippen LogP contribution is 2.22. The summed E-state index contributed by atoms with van der Waals surface area (Å²) in [6.07, 6.45) is 1.12. The second kappa shape index (κ2) is 6.06. The fraction of sp³-hybridized carbons (Fsp3) is 0.533. The molecule has 4 nitrogen and oxygen atoms in total. The van der Waals surface area contributed by atoms with E-state index in [4.69, 9.17) is 0 Å². The number of nitrogens with one attached hydrogen (secondary N) is 1. The summed E-state index contributed by atoms with van der Waals surface area (Å²) in [5, 5.41) is 12.8. The highest BCUT2D eigenvalue weighted by molar-refractivity contribution is 5.94. The Hall–Kier alpha value is -1.55. The van der Waals surface area contributed by atoms with Crippen molar-refractivity contribution >= 4 is 11.7 Å². The fourth-order valence-corrected chi connectivity index (χ4v) is 2.70. The maximum Gasteiger partial charge on any atom is 0.337 e. The van der Waals surface area contributed by atoms with E-state index in [9.17, 15) is 9.90 Å². The van der Waals surface area contributed by atoms with Crippen LogP contribution in [0.1, 0.15) is 30.6 Å². The highest BCUT2D eigenvalue weighted by atomic mass is 16.4. The standard InChI is InChI=1S/C15H22N2O2/c1-11(2)9-12-10-17(8-7-16-12)14-6-4-3-5-13(14)15(18)19/h3-6,11-12,16H,7-10H2,1-2H3,(H,18,19)/t12-/m0/s1. The Balaban J connectivity index is 2.15. The van der Waals surface area contributed by atoms with Gasteiger partial charge in [0.25, 0.3) is 0 Å². The zero-order valence-electron chi connectivity index (χ0n) is 11.6. The topological polar surface area (TPSA) is 52.6 Å².